The molecule has 0 aliphatic carbocycles. The number of hydrogen-bond donors (Lipinski definition) is 8. The average molecular weight is 591 g/mol. The number of aliphatic hydroxyl groups excluding tert-OH is 8. The average Bonchev–Trinajstić information content (AvgIpc) is 2.97. The Balaban J connectivity index is 4.79. The SMILES string of the molecule is OCCOCC(OCCO)C(OCCO)C(COCCCCOCC(CO)C(CO)C(CO)CCO)OCCO. The lowest BCUT2D eigenvalue weighted by Crippen LogP contribution is -2.48. The number of unbranched alkanes of at least 4 members (excludes halogenated alkanes) is 1. The Bertz CT molecular complexity index is 518. The highest BCUT2D eigenvalue weighted by Crippen LogP contribution is 2.24. The van der Waals surface area contributed by atoms with Crippen molar-refractivity contribution in [3.05, 3.63) is 0 Å². The summed E-state index contributed by atoms with van der Waals surface area (Å²) in [5.41, 5.74) is 0. The molecular formula is C26H54O14. The molecule has 0 aromatic rings. The molecule has 0 spiro atoms. The van der Waals surface area contributed by atoms with Crippen LogP contribution in [0.5, 0.6) is 0 Å². The molecule has 0 fully saturated rings. The van der Waals surface area contributed by atoms with Crippen LogP contribution in [0.25, 0.3) is 0 Å². The molecule has 0 aliphatic heterocycles. The molecule has 0 aliphatic rings. The molecule has 0 saturated heterocycles. The zero-order valence-corrected chi connectivity index (χ0v) is 23.6. The van der Waals surface area contributed by atoms with Crippen molar-refractivity contribution in [3.63, 3.8) is 0 Å². The van der Waals surface area contributed by atoms with E-state index < -0.39 is 18.3 Å². The molecule has 0 bridgehead atoms. The molecule has 242 valence electrons. The van der Waals surface area contributed by atoms with Gasteiger partial charge in [-0.15, -0.1) is 0 Å². The van der Waals surface area contributed by atoms with Gasteiger partial charge in [-0.2, -0.15) is 0 Å². The maximum Gasteiger partial charge on any atom is 0.114 e. The van der Waals surface area contributed by atoms with Gasteiger partial charge < -0.3 is 69.3 Å². The molecule has 40 heavy (non-hydrogen) atoms. The summed E-state index contributed by atoms with van der Waals surface area (Å²) in [4.78, 5) is 0. The highest BCUT2D eigenvalue weighted by molar-refractivity contribution is 4.81. The van der Waals surface area contributed by atoms with E-state index in [1.165, 1.54) is 0 Å². The van der Waals surface area contributed by atoms with Crippen molar-refractivity contribution >= 4 is 0 Å². The third-order valence-corrected chi connectivity index (χ3v) is 6.33. The van der Waals surface area contributed by atoms with E-state index in [1.807, 2.05) is 0 Å². The van der Waals surface area contributed by atoms with Crippen LogP contribution in [0.15, 0.2) is 0 Å². The largest absolute Gasteiger partial charge is 0.396 e. The van der Waals surface area contributed by atoms with E-state index in [1.54, 1.807) is 0 Å². The van der Waals surface area contributed by atoms with Crippen molar-refractivity contribution in [2.75, 3.05) is 112 Å². The van der Waals surface area contributed by atoms with Crippen LogP contribution in [0, 0.1) is 17.8 Å². The van der Waals surface area contributed by atoms with Gasteiger partial charge in [-0.25, -0.2) is 0 Å². The maximum absolute atomic E-state index is 9.73. The van der Waals surface area contributed by atoms with Gasteiger partial charge in [-0.3, -0.25) is 0 Å². The standard InChI is InChI=1S/C26H54O14/c27-4-3-21(15-32)23(17-34)22(16-33)18-35-9-1-2-10-36-19-24(38-12-6-29)26(40-14-8-31)25(39-13-7-30)20-37-11-5-28/h21-34H,1-20H2. The van der Waals surface area contributed by atoms with Crippen molar-refractivity contribution in [2.45, 2.75) is 37.6 Å². The summed E-state index contributed by atoms with van der Waals surface area (Å²) in [5, 5.41) is 74.9. The van der Waals surface area contributed by atoms with Crippen LogP contribution in [0.4, 0.5) is 0 Å². The fourth-order valence-corrected chi connectivity index (χ4v) is 4.23. The number of aliphatic hydroxyl groups is 8. The minimum absolute atomic E-state index is 0.00893. The molecule has 0 heterocycles. The third kappa shape index (κ3) is 18.1. The first-order valence-corrected chi connectivity index (χ1v) is 14.0. The monoisotopic (exact) mass is 590 g/mol. The number of rotatable bonds is 31. The lowest BCUT2D eigenvalue weighted by molar-refractivity contribution is -0.176. The zero-order chi connectivity index (χ0) is 29.8. The van der Waals surface area contributed by atoms with E-state index in [-0.39, 0.29) is 117 Å². The predicted molar refractivity (Wildman–Crippen MR) is 143 cm³/mol. The van der Waals surface area contributed by atoms with Gasteiger partial charge in [0, 0.05) is 45.6 Å². The van der Waals surface area contributed by atoms with Gasteiger partial charge in [0.1, 0.15) is 18.3 Å². The Morgan fingerprint density at radius 2 is 0.900 bits per heavy atom. The summed E-state index contributed by atoms with van der Waals surface area (Å²) in [6.07, 6.45) is -0.502. The zero-order valence-electron chi connectivity index (χ0n) is 23.6. The van der Waals surface area contributed by atoms with Gasteiger partial charge in [0.15, 0.2) is 0 Å². The summed E-state index contributed by atoms with van der Waals surface area (Å²) >= 11 is 0. The minimum atomic E-state index is -0.754. The van der Waals surface area contributed by atoms with Gasteiger partial charge in [0.05, 0.1) is 72.7 Å². The van der Waals surface area contributed by atoms with Crippen molar-refractivity contribution in [1.82, 2.24) is 0 Å². The highest BCUT2D eigenvalue weighted by atomic mass is 16.6. The lowest BCUT2D eigenvalue weighted by atomic mass is 9.81. The molecule has 0 aromatic carbocycles. The van der Waals surface area contributed by atoms with Crippen LogP contribution in [0.2, 0.25) is 0 Å². The second-order valence-electron chi connectivity index (χ2n) is 9.22. The van der Waals surface area contributed by atoms with Crippen molar-refractivity contribution in [1.29, 1.82) is 0 Å². The number of ether oxygens (including phenoxy) is 6. The summed E-state index contributed by atoms with van der Waals surface area (Å²) in [5.74, 6) is -1.08. The van der Waals surface area contributed by atoms with E-state index in [4.69, 9.17) is 33.5 Å². The fraction of sp³-hybridized carbons (Fsp3) is 1.00. The molecule has 14 nitrogen and oxygen atoms in total. The summed E-state index contributed by atoms with van der Waals surface area (Å²) in [7, 11) is 0. The second kappa shape index (κ2) is 28.6. The molecular weight excluding hydrogens is 536 g/mol. The van der Waals surface area contributed by atoms with Crippen LogP contribution in [-0.2, 0) is 28.4 Å². The van der Waals surface area contributed by atoms with Crippen LogP contribution in [-0.4, -0.2) is 171 Å². The summed E-state index contributed by atoms with van der Waals surface area (Å²) in [6, 6.07) is 0. The Kier molecular flexibility index (Phi) is 28.2. The summed E-state index contributed by atoms with van der Waals surface area (Å²) in [6.45, 7) is -0.427. The summed E-state index contributed by atoms with van der Waals surface area (Å²) < 4.78 is 34.1. The quantitative estimate of drug-likeness (QED) is 0.0381. The molecule has 0 rings (SSSR count). The first kappa shape index (κ1) is 39.4. The van der Waals surface area contributed by atoms with Crippen LogP contribution < -0.4 is 0 Å². The molecule has 0 amide bonds. The normalized spacial score (nSPS) is 16.5. The molecule has 6 atom stereocenters. The Morgan fingerprint density at radius 1 is 0.425 bits per heavy atom. The van der Waals surface area contributed by atoms with Crippen LogP contribution >= 0.6 is 0 Å². The van der Waals surface area contributed by atoms with Crippen molar-refractivity contribution in [2.24, 2.45) is 17.8 Å². The fourth-order valence-electron chi connectivity index (χ4n) is 4.23. The van der Waals surface area contributed by atoms with E-state index in [0.717, 1.165) is 0 Å². The maximum atomic E-state index is 9.73. The highest BCUT2D eigenvalue weighted by Gasteiger charge is 2.33. The van der Waals surface area contributed by atoms with E-state index in [2.05, 4.69) is 0 Å². The van der Waals surface area contributed by atoms with Crippen LogP contribution in [0.1, 0.15) is 19.3 Å². The van der Waals surface area contributed by atoms with Gasteiger partial charge in [-0.1, -0.05) is 0 Å². The molecule has 0 saturated carbocycles. The van der Waals surface area contributed by atoms with Gasteiger partial charge in [0.25, 0.3) is 0 Å². The molecule has 0 aromatic heterocycles. The molecule has 6 unspecified atom stereocenters. The van der Waals surface area contributed by atoms with Gasteiger partial charge in [0.2, 0.25) is 0 Å². The molecule has 0 radical (unpaired) electrons. The van der Waals surface area contributed by atoms with E-state index >= 15 is 0 Å². The van der Waals surface area contributed by atoms with Crippen LogP contribution in [0.3, 0.4) is 0 Å². The second-order valence-corrected chi connectivity index (χ2v) is 9.22. The van der Waals surface area contributed by atoms with Gasteiger partial charge >= 0.3 is 0 Å². The van der Waals surface area contributed by atoms with Crippen molar-refractivity contribution in [3.8, 4) is 0 Å². The number of hydrogen-bond acceptors (Lipinski definition) is 14. The first-order chi connectivity index (χ1) is 19.6. The molecule has 8 N–H and O–H groups in total. The lowest BCUT2D eigenvalue weighted by Gasteiger charge is -2.33. The Labute approximate surface area is 237 Å². The Morgan fingerprint density at radius 3 is 1.35 bits per heavy atom. The minimum Gasteiger partial charge on any atom is -0.396 e. The van der Waals surface area contributed by atoms with E-state index in [9.17, 15) is 35.7 Å². The Hall–Kier alpha value is -0.560. The molecule has 14 heteroatoms. The first-order valence-electron chi connectivity index (χ1n) is 14.0. The smallest absolute Gasteiger partial charge is 0.114 e. The predicted octanol–water partition coefficient (Wildman–Crippen LogP) is -2.85. The van der Waals surface area contributed by atoms with Gasteiger partial charge in [-0.05, 0) is 31.1 Å². The third-order valence-electron chi connectivity index (χ3n) is 6.33. The van der Waals surface area contributed by atoms with E-state index in [0.29, 0.717) is 32.5 Å². The topological polar surface area (TPSA) is 217 Å². The van der Waals surface area contributed by atoms with Crippen molar-refractivity contribution < 1.29 is 69.3 Å².